The molecule has 0 aliphatic heterocycles. The topological polar surface area (TPSA) is 21.3 Å². The molecule has 102 valence electrons. The summed E-state index contributed by atoms with van der Waals surface area (Å²) in [5, 5.41) is 3.73. The van der Waals surface area contributed by atoms with E-state index in [1.165, 1.54) is 12.1 Å². The normalized spacial score (nSPS) is 11.2. The highest BCUT2D eigenvalue weighted by Crippen LogP contribution is 2.16. The van der Waals surface area contributed by atoms with Crippen LogP contribution in [0.4, 0.5) is 4.39 Å². The maximum Gasteiger partial charge on any atom is 0.124 e. The molecule has 1 N–H and O–H groups in total. The molecule has 0 aliphatic carbocycles. The number of ether oxygens (including phenoxy) is 1. The first-order chi connectivity index (χ1) is 8.59. The average Bonchev–Trinajstić information content (AvgIpc) is 2.30. The molecule has 0 fully saturated rings. The Morgan fingerprint density at radius 3 is 2.83 bits per heavy atom. The van der Waals surface area contributed by atoms with Crippen LogP contribution in [0, 0.1) is 11.7 Å². The summed E-state index contributed by atoms with van der Waals surface area (Å²) in [6.07, 6.45) is 0.964. The minimum absolute atomic E-state index is 0.300. The van der Waals surface area contributed by atoms with E-state index in [4.69, 9.17) is 16.3 Å². The molecule has 1 aromatic carbocycles. The Bertz CT molecular complexity index is 358. The van der Waals surface area contributed by atoms with Crippen LogP contribution in [0.25, 0.3) is 0 Å². The van der Waals surface area contributed by atoms with Gasteiger partial charge in [0.05, 0.1) is 0 Å². The fourth-order valence-corrected chi connectivity index (χ4v) is 1.74. The largest absolute Gasteiger partial charge is 0.381 e. The molecule has 0 saturated heterocycles. The van der Waals surface area contributed by atoms with E-state index in [0.29, 0.717) is 17.5 Å². The zero-order valence-electron chi connectivity index (χ0n) is 11.0. The van der Waals surface area contributed by atoms with Crippen LogP contribution in [0.15, 0.2) is 18.2 Å². The van der Waals surface area contributed by atoms with Gasteiger partial charge in [0, 0.05) is 24.8 Å². The van der Waals surface area contributed by atoms with Gasteiger partial charge >= 0.3 is 0 Å². The van der Waals surface area contributed by atoms with E-state index >= 15 is 0 Å². The molecular formula is C14H21ClFNO. The third-order valence-electron chi connectivity index (χ3n) is 2.42. The van der Waals surface area contributed by atoms with Gasteiger partial charge < -0.3 is 10.1 Å². The fourth-order valence-electron chi connectivity index (χ4n) is 1.51. The highest BCUT2D eigenvalue weighted by atomic mass is 35.5. The maximum absolute atomic E-state index is 12.8. The molecule has 0 radical (unpaired) electrons. The van der Waals surface area contributed by atoms with Gasteiger partial charge in [-0.25, -0.2) is 4.39 Å². The number of hydrogen-bond donors (Lipinski definition) is 1. The van der Waals surface area contributed by atoms with Crippen LogP contribution in [-0.2, 0) is 11.3 Å². The smallest absolute Gasteiger partial charge is 0.124 e. The van der Waals surface area contributed by atoms with Gasteiger partial charge in [0.15, 0.2) is 0 Å². The second kappa shape index (κ2) is 8.46. The summed E-state index contributed by atoms with van der Waals surface area (Å²) >= 11 is 5.92. The van der Waals surface area contributed by atoms with Crippen molar-refractivity contribution in [2.75, 3.05) is 19.8 Å². The van der Waals surface area contributed by atoms with Gasteiger partial charge in [-0.15, -0.1) is 0 Å². The lowest BCUT2D eigenvalue weighted by atomic mass is 10.2. The Morgan fingerprint density at radius 2 is 2.17 bits per heavy atom. The predicted octanol–water partition coefficient (Wildman–Crippen LogP) is 3.63. The molecule has 4 heteroatoms. The van der Waals surface area contributed by atoms with Gasteiger partial charge in [0.1, 0.15) is 5.82 Å². The van der Waals surface area contributed by atoms with Crippen molar-refractivity contribution in [2.45, 2.75) is 26.8 Å². The van der Waals surface area contributed by atoms with Crippen LogP contribution < -0.4 is 5.32 Å². The van der Waals surface area contributed by atoms with Gasteiger partial charge in [-0.05, 0) is 36.6 Å². The van der Waals surface area contributed by atoms with Crippen LogP contribution in [0.3, 0.4) is 0 Å². The molecule has 0 heterocycles. The summed E-state index contributed by atoms with van der Waals surface area (Å²) < 4.78 is 18.3. The summed E-state index contributed by atoms with van der Waals surface area (Å²) in [6, 6.07) is 4.47. The first-order valence-electron chi connectivity index (χ1n) is 6.32. The minimum Gasteiger partial charge on any atom is -0.381 e. The lowest BCUT2D eigenvalue weighted by Crippen LogP contribution is -2.17. The quantitative estimate of drug-likeness (QED) is 0.731. The van der Waals surface area contributed by atoms with Crippen molar-refractivity contribution in [2.24, 2.45) is 5.92 Å². The molecule has 18 heavy (non-hydrogen) atoms. The fraction of sp³-hybridized carbons (Fsp3) is 0.571. The van der Waals surface area contributed by atoms with E-state index in [1.54, 1.807) is 6.07 Å². The van der Waals surface area contributed by atoms with Crippen molar-refractivity contribution < 1.29 is 9.13 Å². The Hall–Kier alpha value is -0.640. The van der Waals surface area contributed by atoms with Crippen LogP contribution in [0.5, 0.6) is 0 Å². The van der Waals surface area contributed by atoms with Crippen molar-refractivity contribution in [3.8, 4) is 0 Å². The summed E-state index contributed by atoms with van der Waals surface area (Å²) in [5.41, 5.74) is 0.918. The number of benzene rings is 1. The Morgan fingerprint density at radius 1 is 1.39 bits per heavy atom. The summed E-state index contributed by atoms with van der Waals surface area (Å²) in [5.74, 6) is 0.279. The van der Waals surface area contributed by atoms with Gasteiger partial charge in [-0.3, -0.25) is 0 Å². The summed E-state index contributed by atoms with van der Waals surface area (Å²) in [6.45, 7) is 7.37. The van der Waals surface area contributed by atoms with Gasteiger partial charge in [0.25, 0.3) is 0 Å². The van der Waals surface area contributed by atoms with E-state index in [-0.39, 0.29) is 5.82 Å². The van der Waals surface area contributed by atoms with E-state index in [1.807, 2.05) is 0 Å². The Balaban J connectivity index is 2.11. The van der Waals surface area contributed by atoms with Crippen LogP contribution >= 0.6 is 11.6 Å². The highest BCUT2D eigenvalue weighted by Gasteiger charge is 2.01. The van der Waals surface area contributed by atoms with E-state index in [9.17, 15) is 4.39 Å². The number of halogens is 2. The molecule has 0 aliphatic rings. The molecule has 0 bridgehead atoms. The SMILES string of the molecule is CC(C)COCCCNCc1ccc(F)cc1Cl. The molecule has 1 rings (SSSR count). The van der Waals surface area contributed by atoms with E-state index in [2.05, 4.69) is 19.2 Å². The average molecular weight is 274 g/mol. The standard InChI is InChI=1S/C14H21ClFNO/c1-11(2)10-18-7-3-6-17-9-12-4-5-13(16)8-14(12)15/h4-5,8,11,17H,3,6-7,9-10H2,1-2H3. The van der Waals surface area contributed by atoms with E-state index in [0.717, 1.165) is 31.7 Å². The molecule has 0 saturated carbocycles. The number of nitrogens with one attached hydrogen (secondary N) is 1. The monoisotopic (exact) mass is 273 g/mol. The minimum atomic E-state index is -0.300. The van der Waals surface area contributed by atoms with Crippen molar-refractivity contribution in [3.05, 3.63) is 34.6 Å². The van der Waals surface area contributed by atoms with Gasteiger partial charge in [-0.1, -0.05) is 31.5 Å². The third-order valence-corrected chi connectivity index (χ3v) is 2.78. The van der Waals surface area contributed by atoms with Crippen LogP contribution in [0.2, 0.25) is 5.02 Å². The lowest BCUT2D eigenvalue weighted by molar-refractivity contribution is 0.108. The number of hydrogen-bond acceptors (Lipinski definition) is 2. The Labute approximate surface area is 113 Å². The first-order valence-corrected chi connectivity index (χ1v) is 6.69. The Kier molecular flexibility index (Phi) is 7.25. The molecule has 0 amide bonds. The second-order valence-corrected chi connectivity index (χ2v) is 5.14. The van der Waals surface area contributed by atoms with Gasteiger partial charge in [0.2, 0.25) is 0 Å². The summed E-state index contributed by atoms with van der Waals surface area (Å²) in [4.78, 5) is 0. The summed E-state index contributed by atoms with van der Waals surface area (Å²) in [7, 11) is 0. The molecule has 0 unspecified atom stereocenters. The van der Waals surface area contributed by atoms with Crippen molar-refractivity contribution in [3.63, 3.8) is 0 Å². The highest BCUT2D eigenvalue weighted by molar-refractivity contribution is 6.31. The maximum atomic E-state index is 12.8. The van der Waals surface area contributed by atoms with Crippen LogP contribution in [0.1, 0.15) is 25.8 Å². The molecule has 0 spiro atoms. The van der Waals surface area contributed by atoms with Gasteiger partial charge in [-0.2, -0.15) is 0 Å². The van der Waals surface area contributed by atoms with Crippen LogP contribution in [-0.4, -0.2) is 19.8 Å². The third kappa shape index (κ3) is 6.34. The number of rotatable bonds is 8. The molecule has 1 aromatic rings. The lowest BCUT2D eigenvalue weighted by Gasteiger charge is -2.08. The van der Waals surface area contributed by atoms with Crippen molar-refractivity contribution >= 4 is 11.6 Å². The molecule has 2 nitrogen and oxygen atoms in total. The van der Waals surface area contributed by atoms with Crippen molar-refractivity contribution in [1.82, 2.24) is 5.32 Å². The zero-order chi connectivity index (χ0) is 13.4. The van der Waals surface area contributed by atoms with E-state index < -0.39 is 0 Å². The van der Waals surface area contributed by atoms with Crippen molar-refractivity contribution in [1.29, 1.82) is 0 Å². The zero-order valence-corrected chi connectivity index (χ0v) is 11.8. The molecule has 0 atom stereocenters. The second-order valence-electron chi connectivity index (χ2n) is 4.73. The first kappa shape index (κ1) is 15.4. The predicted molar refractivity (Wildman–Crippen MR) is 73.4 cm³/mol. The molecular weight excluding hydrogens is 253 g/mol. The molecule has 0 aromatic heterocycles.